The van der Waals surface area contributed by atoms with E-state index in [2.05, 4.69) is 45.4 Å². The van der Waals surface area contributed by atoms with Gasteiger partial charge in [0.2, 0.25) is 11.8 Å². The first-order chi connectivity index (χ1) is 13.3. The van der Waals surface area contributed by atoms with E-state index in [1.165, 1.54) is 12.0 Å². The van der Waals surface area contributed by atoms with E-state index >= 15 is 0 Å². The van der Waals surface area contributed by atoms with Crippen LogP contribution in [0.15, 0.2) is 59.0 Å². The molecule has 1 aliphatic heterocycles. The van der Waals surface area contributed by atoms with Crippen molar-refractivity contribution in [2.24, 2.45) is 0 Å². The molecule has 1 aromatic heterocycles. The molecule has 0 saturated carbocycles. The van der Waals surface area contributed by atoms with Crippen LogP contribution in [-0.2, 0) is 6.42 Å². The van der Waals surface area contributed by atoms with Gasteiger partial charge >= 0.3 is 0 Å². The quantitative estimate of drug-likeness (QED) is 0.631. The van der Waals surface area contributed by atoms with E-state index in [1.54, 1.807) is 7.11 Å². The van der Waals surface area contributed by atoms with E-state index in [-0.39, 0.29) is 0 Å². The average Bonchev–Trinajstić information content (AvgIpc) is 3.38. The van der Waals surface area contributed by atoms with Gasteiger partial charge in [0.15, 0.2) is 0 Å². The van der Waals surface area contributed by atoms with E-state index in [0.29, 0.717) is 11.8 Å². The molecule has 0 N–H and O–H groups in total. The van der Waals surface area contributed by atoms with Crippen LogP contribution >= 0.6 is 0 Å². The Hall–Kier alpha value is -2.66. The minimum absolute atomic E-state index is 0.334. The molecule has 140 valence electrons. The average molecular weight is 363 g/mol. The Kier molecular flexibility index (Phi) is 5.49. The smallest absolute Gasteiger partial charge is 0.247 e. The van der Waals surface area contributed by atoms with E-state index in [4.69, 9.17) is 9.15 Å². The lowest BCUT2D eigenvalue weighted by Crippen LogP contribution is -2.22. The SMILES string of the molecule is COc1ccc(-c2nnc(C3CCN(CCCc4ccccc4)C3)o2)cc1. The van der Waals surface area contributed by atoms with Crippen molar-refractivity contribution in [3.8, 4) is 17.2 Å². The molecule has 0 spiro atoms. The van der Waals surface area contributed by atoms with Gasteiger partial charge in [-0.2, -0.15) is 0 Å². The highest BCUT2D eigenvalue weighted by atomic mass is 16.5. The fourth-order valence-corrected chi connectivity index (χ4v) is 3.64. The van der Waals surface area contributed by atoms with Gasteiger partial charge in [-0.25, -0.2) is 0 Å². The Balaban J connectivity index is 1.30. The molecule has 27 heavy (non-hydrogen) atoms. The first-order valence-corrected chi connectivity index (χ1v) is 9.56. The first-order valence-electron chi connectivity index (χ1n) is 9.56. The number of rotatable bonds is 7. The summed E-state index contributed by atoms with van der Waals surface area (Å²) in [7, 11) is 1.66. The zero-order valence-corrected chi connectivity index (χ0v) is 15.7. The van der Waals surface area contributed by atoms with Crippen LogP contribution < -0.4 is 4.74 Å². The maximum absolute atomic E-state index is 5.96. The third-order valence-electron chi connectivity index (χ3n) is 5.18. The van der Waals surface area contributed by atoms with E-state index in [0.717, 1.165) is 49.7 Å². The lowest BCUT2D eigenvalue weighted by atomic mass is 10.1. The van der Waals surface area contributed by atoms with Crippen molar-refractivity contribution < 1.29 is 9.15 Å². The number of ether oxygens (including phenoxy) is 1. The molecule has 1 aliphatic rings. The van der Waals surface area contributed by atoms with Crippen LogP contribution in [0.25, 0.3) is 11.5 Å². The number of hydrogen-bond donors (Lipinski definition) is 0. The predicted molar refractivity (Wildman–Crippen MR) is 105 cm³/mol. The highest BCUT2D eigenvalue weighted by Gasteiger charge is 2.28. The number of hydrogen-bond acceptors (Lipinski definition) is 5. The summed E-state index contributed by atoms with van der Waals surface area (Å²) in [5, 5.41) is 8.54. The number of likely N-dealkylation sites (tertiary alicyclic amines) is 1. The Labute approximate surface area is 160 Å². The number of methoxy groups -OCH3 is 1. The molecule has 2 aromatic carbocycles. The van der Waals surface area contributed by atoms with Gasteiger partial charge in [-0.3, -0.25) is 0 Å². The summed E-state index contributed by atoms with van der Waals surface area (Å²) in [6, 6.07) is 18.4. The Morgan fingerprint density at radius 1 is 1.07 bits per heavy atom. The van der Waals surface area contributed by atoms with Gasteiger partial charge in [-0.1, -0.05) is 30.3 Å². The Morgan fingerprint density at radius 2 is 1.89 bits per heavy atom. The van der Waals surface area contributed by atoms with Crippen molar-refractivity contribution in [3.05, 3.63) is 66.1 Å². The van der Waals surface area contributed by atoms with Gasteiger partial charge in [-0.15, -0.1) is 10.2 Å². The number of benzene rings is 2. The van der Waals surface area contributed by atoms with Crippen LogP contribution in [0.4, 0.5) is 0 Å². The summed E-state index contributed by atoms with van der Waals surface area (Å²) in [5.74, 6) is 2.49. The minimum atomic E-state index is 0.334. The van der Waals surface area contributed by atoms with Gasteiger partial charge in [0.25, 0.3) is 0 Å². The van der Waals surface area contributed by atoms with Gasteiger partial charge in [0.05, 0.1) is 13.0 Å². The van der Waals surface area contributed by atoms with Gasteiger partial charge in [0.1, 0.15) is 5.75 Å². The summed E-state index contributed by atoms with van der Waals surface area (Å²) < 4.78 is 11.2. The fourth-order valence-electron chi connectivity index (χ4n) is 3.64. The second-order valence-electron chi connectivity index (χ2n) is 7.05. The maximum atomic E-state index is 5.96. The molecule has 1 atom stereocenters. The highest BCUT2D eigenvalue weighted by molar-refractivity contribution is 5.54. The molecule has 5 heteroatoms. The monoisotopic (exact) mass is 363 g/mol. The Bertz CT molecular complexity index is 846. The summed E-state index contributed by atoms with van der Waals surface area (Å²) in [6.07, 6.45) is 3.39. The van der Waals surface area contributed by atoms with E-state index in [9.17, 15) is 0 Å². The number of nitrogens with zero attached hydrogens (tertiary/aromatic N) is 3. The van der Waals surface area contributed by atoms with E-state index in [1.807, 2.05) is 24.3 Å². The van der Waals surface area contributed by atoms with Crippen molar-refractivity contribution in [2.75, 3.05) is 26.7 Å². The zero-order chi connectivity index (χ0) is 18.5. The third-order valence-corrected chi connectivity index (χ3v) is 5.18. The molecule has 1 saturated heterocycles. The van der Waals surface area contributed by atoms with Gasteiger partial charge in [-0.05, 0) is 62.2 Å². The molecule has 1 fully saturated rings. The number of aromatic nitrogens is 2. The van der Waals surface area contributed by atoms with Crippen LogP contribution in [0.3, 0.4) is 0 Å². The van der Waals surface area contributed by atoms with Crippen molar-refractivity contribution in [1.82, 2.24) is 15.1 Å². The fraction of sp³-hybridized carbons (Fsp3) is 0.364. The molecule has 2 heterocycles. The van der Waals surface area contributed by atoms with Crippen molar-refractivity contribution >= 4 is 0 Å². The summed E-state index contributed by atoms with van der Waals surface area (Å²) in [5.41, 5.74) is 2.33. The molecule has 0 bridgehead atoms. The molecular formula is C22H25N3O2. The van der Waals surface area contributed by atoms with Crippen LogP contribution in [0, 0.1) is 0 Å². The summed E-state index contributed by atoms with van der Waals surface area (Å²) in [6.45, 7) is 3.21. The molecule has 4 rings (SSSR count). The van der Waals surface area contributed by atoms with Crippen LogP contribution in [0.1, 0.15) is 30.2 Å². The van der Waals surface area contributed by atoms with Crippen molar-refractivity contribution in [3.63, 3.8) is 0 Å². The Morgan fingerprint density at radius 3 is 2.67 bits per heavy atom. The molecule has 0 amide bonds. The van der Waals surface area contributed by atoms with Crippen LogP contribution in [-0.4, -0.2) is 41.8 Å². The molecule has 0 radical (unpaired) electrons. The molecule has 5 nitrogen and oxygen atoms in total. The van der Waals surface area contributed by atoms with Crippen molar-refractivity contribution in [2.45, 2.75) is 25.2 Å². The summed E-state index contributed by atoms with van der Waals surface area (Å²) >= 11 is 0. The molecule has 0 aliphatic carbocycles. The first kappa shape index (κ1) is 17.7. The highest BCUT2D eigenvalue weighted by Crippen LogP contribution is 2.29. The second-order valence-corrected chi connectivity index (χ2v) is 7.05. The number of aryl methyl sites for hydroxylation is 1. The summed E-state index contributed by atoms with van der Waals surface area (Å²) in [4.78, 5) is 2.50. The molecular weight excluding hydrogens is 338 g/mol. The minimum Gasteiger partial charge on any atom is -0.497 e. The lowest BCUT2D eigenvalue weighted by molar-refractivity contribution is 0.323. The zero-order valence-electron chi connectivity index (χ0n) is 15.7. The standard InChI is InChI=1S/C22H25N3O2/c1-26-20-11-9-18(10-12-20)21-23-24-22(27-21)19-13-15-25(16-19)14-5-8-17-6-3-2-4-7-17/h2-4,6-7,9-12,19H,5,8,13-16H2,1H3. The molecule has 3 aromatic rings. The van der Waals surface area contributed by atoms with Gasteiger partial charge < -0.3 is 14.1 Å². The van der Waals surface area contributed by atoms with Crippen LogP contribution in [0.5, 0.6) is 5.75 Å². The third kappa shape index (κ3) is 4.37. The normalized spacial score (nSPS) is 17.3. The lowest BCUT2D eigenvalue weighted by Gasteiger charge is -2.14. The van der Waals surface area contributed by atoms with Crippen molar-refractivity contribution in [1.29, 1.82) is 0 Å². The maximum Gasteiger partial charge on any atom is 0.247 e. The van der Waals surface area contributed by atoms with Crippen LogP contribution in [0.2, 0.25) is 0 Å². The topological polar surface area (TPSA) is 51.4 Å². The van der Waals surface area contributed by atoms with Gasteiger partial charge in [0, 0.05) is 12.1 Å². The molecule has 1 unspecified atom stereocenters. The largest absolute Gasteiger partial charge is 0.497 e. The predicted octanol–water partition coefficient (Wildman–Crippen LogP) is 4.17. The second kappa shape index (κ2) is 8.35. The van der Waals surface area contributed by atoms with E-state index < -0.39 is 0 Å².